The molecule has 0 radical (unpaired) electrons. The van der Waals surface area contributed by atoms with Crippen molar-refractivity contribution < 1.29 is 24.2 Å². The lowest BCUT2D eigenvalue weighted by Gasteiger charge is -2.22. The molecule has 3 aromatic rings. The number of nitrogens with one attached hydrogen (secondary N) is 1. The number of carbonyl (C=O) groups excluding carboxylic acids is 2. The Kier molecular flexibility index (Phi) is 6.30. The minimum Gasteiger partial charge on any atom is -0.480 e. The molecule has 2 amide bonds. The predicted octanol–water partition coefficient (Wildman–Crippen LogP) is 5.50. The molecule has 1 aliphatic heterocycles. The lowest BCUT2D eigenvalue weighted by atomic mass is 9.98. The fraction of sp³-hybridized carbons (Fsp3) is 0.222. The first kappa shape index (κ1) is 23.1. The molecule has 1 atom stereocenters. The summed E-state index contributed by atoms with van der Waals surface area (Å²) < 4.78 is 6.11. The zero-order valence-electron chi connectivity index (χ0n) is 18.7. The predicted molar refractivity (Wildman–Crippen MR) is 135 cm³/mol. The molecule has 1 saturated heterocycles. The fourth-order valence-electron chi connectivity index (χ4n) is 4.94. The van der Waals surface area contributed by atoms with E-state index in [1.165, 1.54) is 11.0 Å². The van der Waals surface area contributed by atoms with Crippen molar-refractivity contribution in [3.8, 4) is 11.1 Å². The van der Waals surface area contributed by atoms with Gasteiger partial charge < -0.3 is 14.7 Å². The van der Waals surface area contributed by atoms with Crippen LogP contribution in [0, 0.1) is 0 Å². The lowest BCUT2D eigenvalue weighted by Crippen LogP contribution is -2.40. The highest BCUT2D eigenvalue weighted by Crippen LogP contribution is 2.44. The highest BCUT2D eigenvalue weighted by molar-refractivity contribution is 9.10. The van der Waals surface area contributed by atoms with Gasteiger partial charge in [-0.05, 0) is 69.2 Å². The zero-order valence-corrected chi connectivity index (χ0v) is 20.3. The minimum atomic E-state index is -1.01. The van der Waals surface area contributed by atoms with Crippen LogP contribution in [0.15, 0.2) is 71.2 Å². The molecule has 178 valence electrons. The summed E-state index contributed by atoms with van der Waals surface area (Å²) in [5, 5.41) is 12.1. The number of ether oxygens (including phenoxy) is 1. The number of carbonyl (C=O) groups is 3. The molecule has 0 aromatic heterocycles. The van der Waals surface area contributed by atoms with Gasteiger partial charge >= 0.3 is 12.1 Å². The number of hydrogen-bond acceptors (Lipinski definition) is 4. The maximum absolute atomic E-state index is 13.0. The van der Waals surface area contributed by atoms with Crippen molar-refractivity contribution in [2.75, 3.05) is 18.5 Å². The molecule has 8 heteroatoms. The largest absolute Gasteiger partial charge is 0.480 e. The van der Waals surface area contributed by atoms with Crippen molar-refractivity contribution in [2.24, 2.45) is 0 Å². The average molecular weight is 535 g/mol. The second-order valence-electron chi connectivity index (χ2n) is 8.64. The fourth-order valence-corrected chi connectivity index (χ4v) is 5.36. The molecule has 1 fully saturated rings. The van der Waals surface area contributed by atoms with Gasteiger partial charge in [-0.1, -0.05) is 48.5 Å². The monoisotopic (exact) mass is 534 g/mol. The number of rotatable bonds is 5. The molecular weight excluding hydrogens is 512 g/mol. The third kappa shape index (κ3) is 4.41. The van der Waals surface area contributed by atoms with E-state index in [-0.39, 0.29) is 18.1 Å². The van der Waals surface area contributed by atoms with E-state index in [2.05, 4.69) is 45.5 Å². The van der Waals surface area contributed by atoms with E-state index in [9.17, 15) is 19.5 Å². The number of benzene rings is 3. The van der Waals surface area contributed by atoms with Gasteiger partial charge in [0.25, 0.3) is 5.91 Å². The molecule has 2 N–H and O–H groups in total. The van der Waals surface area contributed by atoms with Crippen LogP contribution in [0.4, 0.5) is 10.5 Å². The number of fused-ring (bicyclic) bond motifs is 3. The summed E-state index contributed by atoms with van der Waals surface area (Å²) in [5.74, 6) is -1.46. The molecule has 0 unspecified atom stereocenters. The Morgan fingerprint density at radius 1 is 1.00 bits per heavy atom. The van der Waals surface area contributed by atoms with Gasteiger partial charge in [-0.15, -0.1) is 0 Å². The van der Waals surface area contributed by atoms with E-state index in [1.807, 2.05) is 24.3 Å². The molecule has 0 bridgehead atoms. The summed E-state index contributed by atoms with van der Waals surface area (Å²) >= 11 is 3.37. The standard InChI is InChI=1S/C27H23BrN2O5/c28-23-12-11-16(14-21(23)25(31)30-13-5-10-24(30)26(32)33)29-27(34)35-15-22-19-8-3-1-6-17(19)18-7-2-4-9-20(18)22/h1-4,6-9,11-12,14,22,24H,5,10,13,15H2,(H,29,34)(H,32,33)/t24-/m1/s1. The summed E-state index contributed by atoms with van der Waals surface area (Å²) in [6.45, 7) is 0.558. The SMILES string of the molecule is O=C(Nc1ccc(Br)c(C(=O)N2CCC[C@@H]2C(=O)O)c1)OCC1c2ccccc2-c2ccccc21. The van der Waals surface area contributed by atoms with E-state index in [0.717, 1.165) is 22.3 Å². The van der Waals surface area contributed by atoms with Crippen molar-refractivity contribution in [1.82, 2.24) is 4.90 Å². The Morgan fingerprint density at radius 2 is 1.66 bits per heavy atom. The zero-order chi connectivity index (χ0) is 24.5. The van der Waals surface area contributed by atoms with Gasteiger partial charge in [-0.25, -0.2) is 9.59 Å². The van der Waals surface area contributed by atoms with Gasteiger partial charge in [0.15, 0.2) is 0 Å². The van der Waals surface area contributed by atoms with E-state index in [0.29, 0.717) is 29.5 Å². The Balaban J connectivity index is 1.28. The van der Waals surface area contributed by atoms with Crippen molar-refractivity contribution >= 4 is 39.6 Å². The van der Waals surface area contributed by atoms with E-state index in [4.69, 9.17) is 4.74 Å². The van der Waals surface area contributed by atoms with Crippen LogP contribution >= 0.6 is 15.9 Å². The van der Waals surface area contributed by atoms with Crippen LogP contribution in [0.2, 0.25) is 0 Å². The number of anilines is 1. The molecule has 2 aliphatic rings. The summed E-state index contributed by atoms with van der Waals surface area (Å²) in [5.41, 5.74) is 5.21. The number of aliphatic carboxylic acids is 1. The number of likely N-dealkylation sites (tertiary alicyclic amines) is 1. The first-order valence-electron chi connectivity index (χ1n) is 11.4. The topological polar surface area (TPSA) is 95.9 Å². The molecule has 7 nitrogen and oxygen atoms in total. The second kappa shape index (κ2) is 9.54. The number of hydrogen-bond donors (Lipinski definition) is 2. The summed E-state index contributed by atoms with van der Waals surface area (Å²) in [6, 6.07) is 20.2. The van der Waals surface area contributed by atoms with Crippen LogP contribution in [0.5, 0.6) is 0 Å². The highest BCUT2D eigenvalue weighted by atomic mass is 79.9. The van der Waals surface area contributed by atoms with Crippen LogP contribution in [0.1, 0.15) is 40.2 Å². The first-order valence-corrected chi connectivity index (χ1v) is 12.2. The third-order valence-electron chi connectivity index (χ3n) is 6.59. The van der Waals surface area contributed by atoms with Gasteiger partial charge in [0.2, 0.25) is 0 Å². The molecule has 35 heavy (non-hydrogen) atoms. The van der Waals surface area contributed by atoms with Crippen LogP contribution < -0.4 is 5.32 Å². The molecule has 1 aliphatic carbocycles. The van der Waals surface area contributed by atoms with Crippen molar-refractivity contribution in [2.45, 2.75) is 24.8 Å². The van der Waals surface area contributed by atoms with Gasteiger partial charge in [0, 0.05) is 22.6 Å². The average Bonchev–Trinajstić information content (AvgIpc) is 3.47. The molecule has 1 heterocycles. The van der Waals surface area contributed by atoms with Crippen molar-refractivity contribution in [3.63, 3.8) is 0 Å². The number of halogens is 1. The second-order valence-corrected chi connectivity index (χ2v) is 9.49. The van der Waals surface area contributed by atoms with Gasteiger partial charge in [0.1, 0.15) is 12.6 Å². The Morgan fingerprint density at radius 3 is 2.31 bits per heavy atom. The lowest BCUT2D eigenvalue weighted by molar-refractivity contribution is -0.141. The molecular formula is C27H23BrN2O5. The summed E-state index contributed by atoms with van der Waals surface area (Å²) in [7, 11) is 0. The number of nitrogens with zero attached hydrogens (tertiary/aromatic N) is 1. The van der Waals surface area contributed by atoms with Crippen molar-refractivity contribution in [3.05, 3.63) is 87.9 Å². The smallest absolute Gasteiger partial charge is 0.411 e. The number of carboxylic acids is 1. The molecule has 0 spiro atoms. The number of amides is 2. The molecule has 3 aromatic carbocycles. The van der Waals surface area contributed by atoms with E-state index < -0.39 is 24.0 Å². The summed E-state index contributed by atoms with van der Waals surface area (Å²) in [6.07, 6.45) is 0.436. The van der Waals surface area contributed by atoms with Crippen LogP contribution in [-0.2, 0) is 9.53 Å². The normalized spacial score (nSPS) is 16.5. The Hall–Kier alpha value is -3.65. The van der Waals surface area contributed by atoms with Crippen LogP contribution in [0.3, 0.4) is 0 Å². The van der Waals surface area contributed by atoms with E-state index >= 15 is 0 Å². The van der Waals surface area contributed by atoms with Gasteiger partial charge in [-0.2, -0.15) is 0 Å². The molecule has 5 rings (SSSR count). The van der Waals surface area contributed by atoms with Crippen molar-refractivity contribution in [1.29, 1.82) is 0 Å². The van der Waals surface area contributed by atoms with E-state index in [1.54, 1.807) is 12.1 Å². The summed E-state index contributed by atoms with van der Waals surface area (Å²) in [4.78, 5) is 38.5. The molecule has 0 saturated carbocycles. The Labute approximate surface area is 210 Å². The maximum Gasteiger partial charge on any atom is 0.411 e. The Bertz CT molecular complexity index is 1280. The number of carboxylic acid groups (broad SMARTS) is 1. The maximum atomic E-state index is 13.0. The van der Waals surface area contributed by atoms with Crippen LogP contribution in [-0.4, -0.2) is 47.2 Å². The highest BCUT2D eigenvalue weighted by Gasteiger charge is 2.35. The van der Waals surface area contributed by atoms with Gasteiger partial charge in [-0.3, -0.25) is 10.1 Å². The third-order valence-corrected chi connectivity index (χ3v) is 7.28. The first-order chi connectivity index (χ1) is 16.9. The minimum absolute atomic E-state index is 0.0571. The van der Waals surface area contributed by atoms with Gasteiger partial charge in [0.05, 0.1) is 5.56 Å². The van der Waals surface area contributed by atoms with Crippen LogP contribution in [0.25, 0.3) is 11.1 Å². The quantitative estimate of drug-likeness (QED) is 0.450.